The molecule has 2 aromatic carbocycles. The van der Waals surface area contributed by atoms with E-state index in [1.54, 1.807) is 0 Å². The highest BCUT2D eigenvalue weighted by molar-refractivity contribution is 7.92. The normalized spacial score (nSPS) is 12.6. The van der Waals surface area contributed by atoms with Gasteiger partial charge in [0.25, 0.3) is 0 Å². The average Bonchev–Trinajstić information content (AvgIpc) is 2.57. The number of benzene rings is 2. The lowest BCUT2D eigenvalue weighted by Gasteiger charge is -2.22. The van der Waals surface area contributed by atoms with Crippen LogP contribution in [0.5, 0.6) is 0 Å². The number of carbonyl (C=O) groups excluding carboxylic acids is 1. The summed E-state index contributed by atoms with van der Waals surface area (Å²) < 4.78 is 53.9. The van der Waals surface area contributed by atoms with Crippen LogP contribution in [0.15, 0.2) is 48.5 Å². The van der Waals surface area contributed by atoms with E-state index in [1.807, 2.05) is 0 Å². The number of Topliss-reactive ketones (excluding diaryl/α,β-unsaturated/α-hetero) is 1. The van der Waals surface area contributed by atoms with Crippen LogP contribution in [0.4, 0.5) is 8.78 Å². The predicted octanol–water partition coefficient (Wildman–Crippen LogP) is 5.36. The van der Waals surface area contributed by atoms with Gasteiger partial charge < -0.3 is 0 Å². The first kappa shape index (κ1) is 21.8. The van der Waals surface area contributed by atoms with Gasteiger partial charge in [-0.25, -0.2) is 8.42 Å². The Morgan fingerprint density at radius 1 is 0.926 bits per heavy atom. The maximum Gasteiger partial charge on any atom is 0.308 e. The van der Waals surface area contributed by atoms with Crippen LogP contribution in [0.2, 0.25) is 10.0 Å². The molecular weight excluding hydrogens is 417 g/mol. The molecule has 146 valence electrons. The van der Waals surface area contributed by atoms with Gasteiger partial charge in [-0.05, 0) is 35.4 Å². The Morgan fingerprint density at radius 3 is 1.63 bits per heavy atom. The van der Waals surface area contributed by atoms with E-state index >= 15 is 0 Å². The van der Waals surface area contributed by atoms with Crippen LogP contribution in [-0.2, 0) is 14.6 Å². The third-order valence-electron chi connectivity index (χ3n) is 4.13. The number of rotatable bonds is 7. The zero-order valence-electron chi connectivity index (χ0n) is 14.6. The number of hydrogen-bond donors (Lipinski definition) is 0. The molecule has 0 amide bonds. The van der Waals surface area contributed by atoms with Crippen LogP contribution in [0.1, 0.15) is 30.2 Å². The zero-order valence-corrected chi connectivity index (χ0v) is 17.0. The molecule has 2 aromatic rings. The fourth-order valence-electron chi connectivity index (χ4n) is 2.57. The van der Waals surface area contributed by atoms with Crippen molar-refractivity contribution in [1.29, 1.82) is 0 Å². The highest BCUT2D eigenvalue weighted by Gasteiger charge is 2.45. The molecule has 0 heterocycles. The Balaban J connectivity index is 2.50. The van der Waals surface area contributed by atoms with Gasteiger partial charge in [0.2, 0.25) is 5.78 Å². The summed E-state index contributed by atoms with van der Waals surface area (Å²) in [6, 6.07) is 12.0. The van der Waals surface area contributed by atoms with Crippen molar-refractivity contribution in [3.8, 4) is 0 Å². The second-order valence-corrected chi connectivity index (χ2v) is 9.45. The van der Waals surface area contributed by atoms with Crippen LogP contribution >= 0.6 is 23.2 Å². The van der Waals surface area contributed by atoms with E-state index in [1.165, 1.54) is 62.4 Å². The monoisotopic (exact) mass is 434 g/mol. The quantitative estimate of drug-likeness (QED) is 0.589. The van der Waals surface area contributed by atoms with Gasteiger partial charge >= 0.3 is 5.92 Å². The summed E-state index contributed by atoms with van der Waals surface area (Å²) in [5, 5.41) is -0.499. The number of hydrogen-bond acceptors (Lipinski definition) is 3. The molecule has 2 rings (SSSR count). The molecule has 0 unspecified atom stereocenters. The van der Waals surface area contributed by atoms with E-state index in [0.717, 1.165) is 0 Å². The fourth-order valence-corrected chi connectivity index (χ4v) is 4.69. The standard InChI is InChI=1S/C19H18Cl2F2O3S/c1-12(2)19(22,23)17(24)11-27(25,26)18(13-3-7-15(20)8-4-13)14-5-9-16(21)10-6-14/h3-10,12,18H,11H2,1-2H3. The van der Waals surface area contributed by atoms with Crippen LogP contribution in [0, 0.1) is 5.92 Å². The second kappa shape index (κ2) is 8.25. The summed E-state index contributed by atoms with van der Waals surface area (Å²) in [4.78, 5) is 12.0. The number of carbonyl (C=O) groups is 1. The van der Waals surface area contributed by atoms with Crippen molar-refractivity contribution in [2.75, 3.05) is 5.75 Å². The molecule has 0 aliphatic heterocycles. The van der Waals surface area contributed by atoms with E-state index in [2.05, 4.69) is 0 Å². The van der Waals surface area contributed by atoms with Gasteiger partial charge in [0.15, 0.2) is 9.84 Å². The molecule has 0 N–H and O–H groups in total. The third-order valence-corrected chi connectivity index (χ3v) is 6.56. The van der Waals surface area contributed by atoms with Crippen LogP contribution in [0.25, 0.3) is 0 Å². The fraction of sp³-hybridized carbons (Fsp3) is 0.316. The molecule has 0 saturated heterocycles. The molecule has 0 fully saturated rings. The summed E-state index contributed by atoms with van der Waals surface area (Å²) in [7, 11) is -4.29. The topological polar surface area (TPSA) is 51.2 Å². The van der Waals surface area contributed by atoms with Gasteiger partial charge in [0, 0.05) is 16.0 Å². The van der Waals surface area contributed by atoms with Gasteiger partial charge in [0.1, 0.15) is 11.0 Å². The molecule has 3 nitrogen and oxygen atoms in total. The minimum Gasteiger partial charge on any atom is -0.292 e. The van der Waals surface area contributed by atoms with Crippen molar-refractivity contribution in [3.05, 3.63) is 69.7 Å². The Hall–Kier alpha value is -1.50. The summed E-state index contributed by atoms with van der Waals surface area (Å²) in [5.74, 6) is -7.92. The molecule has 0 atom stereocenters. The van der Waals surface area contributed by atoms with Crippen molar-refractivity contribution in [2.24, 2.45) is 5.92 Å². The number of alkyl halides is 2. The second-order valence-electron chi connectivity index (χ2n) is 6.49. The maximum atomic E-state index is 14.0. The Labute approximate surface area is 167 Å². The molecule has 0 spiro atoms. The summed E-state index contributed by atoms with van der Waals surface area (Å²) in [5.41, 5.74) is 0.643. The molecular formula is C19H18Cl2F2O3S. The highest BCUT2D eigenvalue weighted by Crippen LogP contribution is 2.34. The molecule has 0 aromatic heterocycles. The van der Waals surface area contributed by atoms with Gasteiger partial charge in [-0.1, -0.05) is 61.3 Å². The van der Waals surface area contributed by atoms with Crippen molar-refractivity contribution < 1.29 is 22.0 Å². The number of halogens is 4. The smallest absolute Gasteiger partial charge is 0.292 e. The summed E-state index contributed by atoms with van der Waals surface area (Å²) >= 11 is 11.7. The maximum absolute atomic E-state index is 14.0. The van der Waals surface area contributed by atoms with Gasteiger partial charge in [-0.2, -0.15) is 8.78 Å². The van der Waals surface area contributed by atoms with E-state index in [4.69, 9.17) is 23.2 Å². The van der Waals surface area contributed by atoms with Crippen molar-refractivity contribution in [1.82, 2.24) is 0 Å². The highest BCUT2D eigenvalue weighted by atomic mass is 35.5. The van der Waals surface area contributed by atoms with E-state index < -0.39 is 38.5 Å². The predicted molar refractivity (Wildman–Crippen MR) is 103 cm³/mol. The largest absolute Gasteiger partial charge is 0.308 e. The molecule has 0 bridgehead atoms. The minimum absolute atomic E-state index is 0.322. The Kier molecular flexibility index (Phi) is 6.66. The summed E-state index contributed by atoms with van der Waals surface area (Å²) in [6.07, 6.45) is 0. The molecule has 0 aliphatic carbocycles. The molecule has 0 saturated carbocycles. The van der Waals surface area contributed by atoms with Crippen molar-refractivity contribution in [3.63, 3.8) is 0 Å². The third kappa shape index (κ3) is 5.06. The molecule has 0 aliphatic rings. The lowest BCUT2D eigenvalue weighted by atomic mass is 10.0. The number of ketones is 1. The lowest BCUT2D eigenvalue weighted by Crippen LogP contribution is -2.39. The van der Waals surface area contributed by atoms with Crippen LogP contribution in [-0.4, -0.2) is 25.9 Å². The molecule has 0 radical (unpaired) electrons. The average molecular weight is 435 g/mol. The SMILES string of the molecule is CC(C)C(F)(F)C(=O)CS(=O)(=O)C(c1ccc(Cl)cc1)c1ccc(Cl)cc1. The minimum atomic E-state index is -4.29. The Morgan fingerprint density at radius 2 is 1.30 bits per heavy atom. The Bertz CT molecular complexity index is 863. The van der Waals surface area contributed by atoms with Gasteiger partial charge in [-0.3, -0.25) is 4.79 Å². The van der Waals surface area contributed by atoms with E-state index in [0.29, 0.717) is 21.2 Å². The lowest BCUT2D eigenvalue weighted by molar-refractivity contribution is -0.146. The first-order chi connectivity index (χ1) is 12.4. The summed E-state index contributed by atoms with van der Waals surface area (Å²) in [6.45, 7) is 2.33. The van der Waals surface area contributed by atoms with Crippen LogP contribution < -0.4 is 0 Å². The van der Waals surface area contributed by atoms with Gasteiger partial charge in [0.05, 0.1) is 0 Å². The number of sulfone groups is 1. The van der Waals surface area contributed by atoms with Gasteiger partial charge in [-0.15, -0.1) is 0 Å². The first-order valence-corrected chi connectivity index (χ1v) is 10.6. The molecule has 27 heavy (non-hydrogen) atoms. The van der Waals surface area contributed by atoms with E-state index in [9.17, 15) is 22.0 Å². The molecule has 8 heteroatoms. The van der Waals surface area contributed by atoms with Crippen LogP contribution in [0.3, 0.4) is 0 Å². The first-order valence-electron chi connectivity index (χ1n) is 8.08. The van der Waals surface area contributed by atoms with E-state index in [-0.39, 0.29) is 0 Å². The van der Waals surface area contributed by atoms with Crippen molar-refractivity contribution >= 4 is 38.8 Å². The van der Waals surface area contributed by atoms with Crippen molar-refractivity contribution in [2.45, 2.75) is 25.0 Å². The zero-order chi connectivity index (χ0) is 20.4.